The maximum atomic E-state index is 12.9. The third-order valence-electron chi connectivity index (χ3n) is 5.33. The van der Waals surface area contributed by atoms with Gasteiger partial charge in [-0.3, -0.25) is 0 Å². The van der Waals surface area contributed by atoms with E-state index in [1.54, 1.807) is 25.4 Å². The molecule has 0 bridgehead atoms. The van der Waals surface area contributed by atoms with Crippen LogP contribution in [0.15, 0.2) is 42.1 Å². The van der Waals surface area contributed by atoms with Crippen molar-refractivity contribution in [1.29, 1.82) is 0 Å². The standard InChI is InChI=1S/C22H21F3N6O/c1-12-4-5-16(29-21(32)31-7-6-15(11-31)22(23,24)25)9-17(12)18-8-14-10-27-20(26-3)30-19(14)28-13(18)2/h4-6,8-10H,7,11H2,1-3H3,(H,29,32)(H,26,27,28,30). The first-order chi connectivity index (χ1) is 15.2. The quantitative estimate of drug-likeness (QED) is 0.575. The molecule has 0 fully saturated rings. The van der Waals surface area contributed by atoms with Crippen molar-refractivity contribution in [2.75, 3.05) is 30.8 Å². The lowest BCUT2D eigenvalue weighted by molar-refractivity contribution is -0.0929. The summed E-state index contributed by atoms with van der Waals surface area (Å²) >= 11 is 0. The monoisotopic (exact) mass is 442 g/mol. The zero-order valence-electron chi connectivity index (χ0n) is 17.7. The van der Waals surface area contributed by atoms with Crippen LogP contribution in [0.3, 0.4) is 0 Å². The fourth-order valence-electron chi connectivity index (χ4n) is 3.55. The van der Waals surface area contributed by atoms with Gasteiger partial charge in [0.25, 0.3) is 0 Å². The molecule has 0 unspecified atom stereocenters. The number of rotatable bonds is 3. The van der Waals surface area contributed by atoms with Crippen molar-refractivity contribution in [1.82, 2.24) is 19.9 Å². The first-order valence-electron chi connectivity index (χ1n) is 9.91. The number of aromatic nitrogens is 3. The summed E-state index contributed by atoms with van der Waals surface area (Å²) in [6.45, 7) is 3.26. The van der Waals surface area contributed by atoms with Crippen LogP contribution in [-0.2, 0) is 0 Å². The number of alkyl halides is 3. The Hall–Kier alpha value is -3.69. The van der Waals surface area contributed by atoms with Gasteiger partial charge >= 0.3 is 12.2 Å². The molecular formula is C22H21F3N6O. The molecule has 3 aromatic rings. The maximum absolute atomic E-state index is 12.9. The summed E-state index contributed by atoms with van der Waals surface area (Å²) < 4.78 is 38.6. The predicted octanol–water partition coefficient (Wildman–Crippen LogP) is 4.69. The van der Waals surface area contributed by atoms with E-state index in [0.717, 1.165) is 38.7 Å². The minimum absolute atomic E-state index is 0.0816. The van der Waals surface area contributed by atoms with Gasteiger partial charge in [-0.05, 0) is 43.2 Å². The summed E-state index contributed by atoms with van der Waals surface area (Å²) in [6.07, 6.45) is -1.71. The van der Waals surface area contributed by atoms with Crippen molar-refractivity contribution in [2.45, 2.75) is 20.0 Å². The summed E-state index contributed by atoms with van der Waals surface area (Å²) in [5.41, 5.74) is 3.76. The van der Waals surface area contributed by atoms with Crippen LogP contribution in [-0.4, -0.2) is 52.2 Å². The van der Waals surface area contributed by atoms with Crippen molar-refractivity contribution < 1.29 is 18.0 Å². The van der Waals surface area contributed by atoms with E-state index in [1.165, 1.54) is 0 Å². The summed E-state index contributed by atoms with van der Waals surface area (Å²) in [6, 6.07) is 6.71. The Kier molecular flexibility index (Phi) is 5.45. The lowest BCUT2D eigenvalue weighted by Gasteiger charge is -2.19. The van der Waals surface area contributed by atoms with Gasteiger partial charge in [-0.1, -0.05) is 12.1 Å². The number of halogens is 3. The molecule has 7 nitrogen and oxygen atoms in total. The molecule has 1 aliphatic heterocycles. The largest absolute Gasteiger partial charge is 0.414 e. The Morgan fingerprint density at radius 1 is 1.12 bits per heavy atom. The van der Waals surface area contributed by atoms with Crippen LogP contribution in [0.25, 0.3) is 22.2 Å². The second-order valence-electron chi connectivity index (χ2n) is 7.55. The van der Waals surface area contributed by atoms with Gasteiger partial charge in [0, 0.05) is 42.1 Å². The molecule has 32 heavy (non-hydrogen) atoms. The Morgan fingerprint density at radius 2 is 1.91 bits per heavy atom. The Bertz CT molecular complexity index is 1240. The van der Waals surface area contributed by atoms with Gasteiger partial charge in [0.2, 0.25) is 5.95 Å². The number of aryl methyl sites for hydroxylation is 2. The van der Waals surface area contributed by atoms with Crippen LogP contribution >= 0.6 is 0 Å². The lowest BCUT2D eigenvalue weighted by Crippen LogP contribution is -2.34. The second-order valence-corrected chi connectivity index (χ2v) is 7.55. The Balaban J connectivity index is 1.60. The number of hydrogen-bond acceptors (Lipinski definition) is 5. The van der Waals surface area contributed by atoms with Crippen molar-refractivity contribution in [3.05, 3.63) is 53.4 Å². The number of nitrogens with zero attached hydrogens (tertiary/aromatic N) is 4. The third kappa shape index (κ3) is 4.20. The second kappa shape index (κ2) is 8.10. The molecule has 2 aromatic heterocycles. The van der Waals surface area contributed by atoms with Gasteiger partial charge in [0.1, 0.15) is 0 Å². The van der Waals surface area contributed by atoms with E-state index < -0.39 is 24.3 Å². The van der Waals surface area contributed by atoms with E-state index in [2.05, 4.69) is 25.6 Å². The smallest absolute Gasteiger partial charge is 0.357 e. The number of benzene rings is 1. The highest BCUT2D eigenvalue weighted by Crippen LogP contribution is 2.32. The lowest BCUT2D eigenvalue weighted by atomic mass is 9.98. The number of nitrogens with one attached hydrogen (secondary N) is 2. The molecule has 0 spiro atoms. The van der Waals surface area contributed by atoms with E-state index in [-0.39, 0.29) is 6.54 Å². The first kappa shape index (κ1) is 21.5. The van der Waals surface area contributed by atoms with Crippen LogP contribution in [0.1, 0.15) is 11.3 Å². The molecule has 0 aliphatic carbocycles. The van der Waals surface area contributed by atoms with E-state index in [0.29, 0.717) is 17.3 Å². The van der Waals surface area contributed by atoms with Gasteiger partial charge < -0.3 is 15.5 Å². The van der Waals surface area contributed by atoms with Crippen molar-refractivity contribution in [3.8, 4) is 11.1 Å². The fraction of sp³-hybridized carbons (Fsp3) is 0.273. The van der Waals surface area contributed by atoms with Gasteiger partial charge in [0.05, 0.1) is 12.1 Å². The Labute approximate surface area is 182 Å². The number of amides is 2. The molecule has 10 heteroatoms. The average molecular weight is 442 g/mol. The Morgan fingerprint density at radius 3 is 2.59 bits per heavy atom. The molecule has 1 aliphatic rings. The van der Waals surface area contributed by atoms with Crippen molar-refractivity contribution >= 4 is 28.7 Å². The van der Waals surface area contributed by atoms with Gasteiger partial charge in [-0.2, -0.15) is 18.2 Å². The predicted molar refractivity (Wildman–Crippen MR) is 117 cm³/mol. The molecule has 2 amide bonds. The molecule has 0 radical (unpaired) electrons. The minimum atomic E-state index is -4.43. The zero-order chi connectivity index (χ0) is 23.0. The summed E-state index contributed by atoms with van der Waals surface area (Å²) in [5, 5.41) is 6.34. The molecular weight excluding hydrogens is 421 g/mol. The molecule has 0 saturated carbocycles. The van der Waals surface area contributed by atoms with E-state index in [1.807, 2.05) is 26.0 Å². The average Bonchev–Trinajstić information content (AvgIpc) is 3.25. The summed E-state index contributed by atoms with van der Waals surface area (Å²) in [7, 11) is 1.73. The molecule has 0 atom stereocenters. The zero-order valence-corrected chi connectivity index (χ0v) is 17.7. The van der Waals surface area contributed by atoms with Gasteiger partial charge in [0.15, 0.2) is 5.65 Å². The molecule has 4 rings (SSSR count). The number of carbonyl (C=O) groups is 1. The number of urea groups is 1. The molecule has 0 saturated heterocycles. The third-order valence-corrected chi connectivity index (χ3v) is 5.33. The highest BCUT2D eigenvalue weighted by atomic mass is 19.4. The minimum Gasteiger partial charge on any atom is -0.357 e. The highest BCUT2D eigenvalue weighted by Gasteiger charge is 2.38. The van der Waals surface area contributed by atoms with Crippen LogP contribution in [0.4, 0.5) is 29.6 Å². The summed E-state index contributed by atoms with van der Waals surface area (Å²) in [5.74, 6) is 0.475. The SMILES string of the molecule is CNc1ncc2cc(-c3cc(NC(=O)N4CC=C(C(F)(F)F)C4)ccc3C)c(C)nc2n1. The highest BCUT2D eigenvalue weighted by molar-refractivity contribution is 5.92. The summed E-state index contributed by atoms with van der Waals surface area (Å²) in [4.78, 5) is 26.8. The number of pyridine rings is 1. The van der Waals surface area contributed by atoms with E-state index >= 15 is 0 Å². The van der Waals surface area contributed by atoms with E-state index in [4.69, 9.17) is 0 Å². The van der Waals surface area contributed by atoms with Crippen LogP contribution < -0.4 is 10.6 Å². The fourth-order valence-corrected chi connectivity index (χ4v) is 3.55. The molecule has 3 heterocycles. The number of fused-ring (bicyclic) bond motifs is 1. The van der Waals surface area contributed by atoms with Gasteiger partial charge in [-0.25, -0.2) is 14.8 Å². The number of anilines is 2. The van der Waals surface area contributed by atoms with E-state index in [9.17, 15) is 18.0 Å². The van der Waals surface area contributed by atoms with Crippen molar-refractivity contribution in [2.24, 2.45) is 0 Å². The van der Waals surface area contributed by atoms with Crippen LogP contribution in [0.5, 0.6) is 0 Å². The molecule has 1 aromatic carbocycles. The normalized spacial score (nSPS) is 13.9. The number of carbonyl (C=O) groups excluding carboxylic acids is 1. The topological polar surface area (TPSA) is 83.0 Å². The number of hydrogen-bond donors (Lipinski definition) is 2. The van der Waals surface area contributed by atoms with Crippen LogP contribution in [0, 0.1) is 13.8 Å². The van der Waals surface area contributed by atoms with Crippen molar-refractivity contribution in [3.63, 3.8) is 0 Å². The molecule has 2 N–H and O–H groups in total. The first-order valence-corrected chi connectivity index (χ1v) is 9.91. The van der Waals surface area contributed by atoms with Crippen LogP contribution in [0.2, 0.25) is 0 Å². The molecule has 166 valence electrons. The van der Waals surface area contributed by atoms with Gasteiger partial charge in [-0.15, -0.1) is 0 Å². The maximum Gasteiger partial charge on any atom is 0.414 e.